The lowest BCUT2D eigenvalue weighted by molar-refractivity contribution is -0.133. The van der Waals surface area contributed by atoms with Crippen molar-refractivity contribution in [1.82, 2.24) is 15.6 Å². The first-order valence-electron chi connectivity index (χ1n) is 9.49. The van der Waals surface area contributed by atoms with E-state index in [9.17, 15) is 9.59 Å². The summed E-state index contributed by atoms with van der Waals surface area (Å²) in [7, 11) is 0. The van der Waals surface area contributed by atoms with Crippen molar-refractivity contribution in [3.63, 3.8) is 0 Å². The van der Waals surface area contributed by atoms with Crippen LogP contribution in [0, 0.1) is 17.8 Å². The third-order valence-corrected chi connectivity index (χ3v) is 5.35. The maximum atomic E-state index is 12.6. The van der Waals surface area contributed by atoms with Gasteiger partial charge in [-0.15, -0.1) is 0 Å². The SMILES string of the molecule is CC[C@H](C)[C@H](NC(=O)C1CCC(C)CC1)C(=O)NCc1ccccn1. The van der Waals surface area contributed by atoms with E-state index in [1.165, 1.54) is 0 Å². The van der Waals surface area contributed by atoms with Crippen LogP contribution in [0.15, 0.2) is 24.4 Å². The Morgan fingerprint density at radius 1 is 1.24 bits per heavy atom. The molecule has 0 unspecified atom stereocenters. The molecule has 0 aromatic carbocycles. The molecule has 1 heterocycles. The standard InChI is InChI=1S/C20H31N3O2/c1-4-15(3)18(20(25)22-13-17-7-5-6-12-21-17)23-19(24)16-10-8-14(2)9-11-16/h5-7,12,14-16,18H,4,8-11,13H2,1-3H3,(H,22,25)(H,23,24)/t14?,15-,16?,18-/m0/s1. The molecule has 1 aliphatic rings. The second-order valence-corrected chi connectivity index (χ2v) is 7.37. The molecule has 1 fully saturated rings. The summed E-state index contributed by atoms with van der Waals surface area (Å²) in [5.74, 6) is 0.750. The Kier molecular flexibility index (Phi) is 7.41. The molecule has 2 N–H and O–H groups in total. The van der Waals surface area contributed by atoms with Crippen LogP contribution in [0.25, 0.3) is 0 Å². The fourth-order valence-electron chi connectivity index (χ4n) is 3.29. The molecule has 138 valence electrons. The fraction of sp³-hybridized carbons (Fsp3) is 0.650. The number of nitrogens with zero attached hydrogens (tertiary/aromatic N) is 1. The van der Waals surface area contributed by atoms with Crippen LogP contribution in [0.1, 0.15) is 58.6 Å². The van der Waals surface area contributed by atoms with E-state index in [0.29, 0.717) is 12.5 Å². The van der Waals surface area contributed by atoms with Crippen molar-refractivity contribution in [1.29, 1.82) is 0 Å². The van der Waals surface area contributed by atoms with E-state index in [1.54, 1.807) is 6.20 Å². The van der Waals surface area contributed by atoms with E-state index in [4.69, 9.17) is 0 Å². The zero-order valence-corrected chi connectivity index (χ0v) is 15.6. The summed E-state index contributed by atoms with van der Waals surface area (Å²) in [6.07, 6.45) is 6.59. The predicted octanol–water partition coefficient (Wildman–Crippen LogP) is 3.06. The quantitative estimate of drug-likeness (QED) is 0.798. The zero-order valence-electron chi connectivity index (χ0n) is 15.6. The Bertz CT molecular complexity index is 553. The van der Waals surface area contributed by atoms with Crippen molar-refractivity contribution in [2.75, 3.05) is 0 Å². The minimum atomic E-state index is -0.486. The summed E-state index contributed by atoms with van der Waals surface area (Å²) in [6.45, 7) is 6.66. The average Bonchev–Trinajstić information content (AvgIpc) is 2.64. The first-order chi connectivity index (χ1) is 12.0. The molecule has 0 saturated heterocycles. The molecule has 1 aromatic heterocycles. The summed E-state index contributed by atoms with van der Waals surface area (Å²) in [4.78, 5) is 29.5. The molecule has 2 rings (SSSR count). The number of carbonyl (C=O) groups excluding carboxylic acids is 2. The van der Waals surface area contributed by atoms with Gasteiger partial charge in [0.1, 0.15) is 6.04 Å². The second kappa shape index (κ2) is 9.54. The Morgan fingerprint density at radius 3 is 2.56 bits per heavy atom. The number of aromatic nitrogens is 1. The summed E-state index contributed by atoms with van der Waals surface area (Å²) >= 11 is 0. The van der Waals surface area contributed by atoms with Crippen molar-refractivity contribution in [2.24, 2.45) is 17.8 Å². The van der Waals surface area contributed by atoms with E-state index < -0.39 is 6.04 Å². The monoisotopic (exact) mass is 345 g/mol. The maximum Gasteiger partial charge on any atom is 0.243 e. The van der Waals surface area contributed by atoms with Gasteiger partial charge in [-0.25, -0.2) is 0 Å². The smallest absolute Gasteiger partial charge is 0.243 e. The van der Waals surface area contributed by atoms with Crippen molar-refractivity contribution >= 4 is 11.8 Å². The summed E-state index contributed by atoms with van der Waals surface area (Å²) in [5, 5.41) is 5.93. The third kappa shape index (κ3) is 5.83. The van der Waals surface area contributed by atoms with Gasteiger partial charge in [-0.3, -0.25) is 14.6 Å². The van der Waals surface area contributed by atoms with E-state index in [1.807, 2.05) is 32.0 Å². The van der Waals surface area contributed by atoms with Gasteiger partial charge in [0.05, 0.1) is 12.2 Å². The molecule has 2 atom stereocenters. The normalized spacial score (nSPS) is 22.7. The summed E-state index contributed by atoms with van der Waals surface area (Å²) in [6, 6.07) is 5.13. The molecule has 5 nitrogen and oxygen atoms in total. The molecule has 1 saturated carbocycles. The van der Waals surface area contributed by atoms with Gasteiger partial charge in [0.25, 0.3) is 0 Å². The summed E-state index contributed by atoms with van der Waals surface area (Å²) < 4.78 is 0. The second-order valence-electron chi connectivity index (χ2n) is 7.37. The topological polar surface area (TPSA) is 71.1 Å². The first-order valence-corrected chi connectivity index (χ1v) is 9.49. The molecule has 1 aromatic rings. The molecule has 1 aliphatic carbocycles. The highest BCUT2D eigenvalue weighted by Crippen LogP contribution is 2.28. The molecule has 0 bridgehead atoms. The van der Waals surface area contributed by atoms with Crippen LogP contribution < -0.4 is 10.6 Å². The number of hydrogen-bond acceptors (Lipinski definition) is 3. The first kappa shape index (κ1) is 19.4. The van der Waals surface area contributed by atoms with Gasteiger partial charge >= 0.3 is 0 Å². The molecule has 0 spiro atoms. The van der Waals surface area contributed by atoms with Gasteiger partial charge in [0.15, 0.2) is 0 Å². The van der Waals surface area contributed by atoms with Crippen LogP contribution in [-0.4, -0.2) is 22.8 Å². The van der Waals surface area contributed by atoms with Crippen molar-refractivity contribution in [3.05, 3.63) is 30.1 Å². The van der Waals surface area contributed by atoms with Crippen LogP contribution in [0.5, 0.6) is 0 Å². The Hall–Kier alpha value is -1.91. The van der Waals surface area contributed by atoms with Crippen LogP contribution >= 0.6 is 0 Å². The van der Waals surface area contributed by atoms with E-state index in [0.717, 1.165) is 37.8 Å². The predicted molar refractivity (Wildman–Crippen MR) is 98.6 cm³/mol. The van der Waals surface area contributed by atoms with Crippen LogP contribution in [0.2, 0.25) is 0 Å². The minimum Gasteiger partial charge on any atom is -0.349 e. The number of carbonyl (C=O) groups is 2. The largest absolute Gasteiger partial charge is 0.349 e. The van der Waals surface area contributed by atoms with Gasteiger partial charge in [0, 0.05) is 12.1 Å². The van der Waals surface area contributed by atoms with E-state index in [-0.39, 0.29) is 23.7 Å². The number of amides is 2. The lowest BCUT2D eigenvalue weighted by atomic mass is 9.82. The Labute approximate surface area is 151 Å². The number of nitrogens with one attached hydrogen (secondary N) is 2. The number of hydrogen-bond donors (Lipinski definition) is 2. The van der Waals surface area contributed by atoms with Gasteiger partial charge in [-0.05, 0) is 49.7 Å². The fourth-order valence-corrected chi connectivity index (χ4v) is 3.29. The number of pyridine rings is 1. The van der Waals surface area contributed by atoms with Crippen molar-refractivity contribution < 1.29 is 9.59 Å². The van der Waals surface area contributed by atoms with Gasteiger partial charge < -0.3 is 10.6 Å². The summed E-state index contributed by atoms with van der Waals surface area (Å²) in [5.41, 5.74) is 0.811. The van der Waals surface area contributed by atoms with Gasteiger partial charge in [-0.1, -0.05) is 33.3 Å². The molecule has 0 radical (unpaired) electrons. The van der Waals surface area contributed by atoms with E-state index in [2.05, 4.69) is 22.5 Å². The zero-order chi connectivity index (χ0) is 18.2. The van der Waals surface area contributed by atoms with Crippen LogP contribution in [0.4, 0.5) is 0 Å². The van der Waals surface area contributed by atoms with E-state index >= 15 is 0 Å². The highest BCUT2D eigenvalue weighted by molar-refractivity contribution is 5.88. The Morgan fingerprint density at radius 2 is 1.96 bits per heavy atom. The number of rotatable bonds is 7. The van der Waals surface area contributed by atoms with Gasteiger partial charge in [0.2, 0.25) is 11.8 Å². The Balaban J connectivity index is 1.93. The minimum absolute atomic E-state index is 0.0326. The molecular weight excluding hydrogens is 314 g/mol. The molecule has 25 heavy (non-hydrogen) atoms. The van der Waals surface area contributed by atoms with Gasteiger partial charge in [-0.2, -0.15) is 0 Å². The third-order valence-electron chi connectivity index (χ3n) is 5.35. The molecule has 0 aliphatic heterocycles. The van der Waals surface area contributed by atoms with Crippen LogP contribution in [-0.2, 0) is 16.1 Å². The van der Waals surface area contributed by atoms with Crippen molar-refractivity contribution in [2.45, 2.75) is 65.5 Å². The highest BCUT2D eigenvalue weighted by atomic mass is 16.2. The van der Waals surface area contributed by atoms with Crippen LogP contribution in [0.3, 0.4) is 0 Å². The maximum absolute atomic E-state index is 12.6. The lowest BCUT2D eigenvalue weighted by Gasteiger charge is -2.29. The molecule has 2 amide bonds. The average molecular weight is 345 g/mol. The highest BCUT2D eigenvalue weighted by Gasteiger charge is 2.30. The lowest BCUT2D eigenvalue weighted by Crippen LogP contribution is -2.51. The molecule has 5 heteroatoms. The molecular formula is C20H31N3O2. The van der Waals surface area contributed by atoms with Crippen molar-refractivity contribution in [3.8, 4) is 0 Å².